The van der Waals surface area contributed by atoms with Gasteiger partial charge >= 0.3 is 0 Å². The van der Waals surface area contributed by atoms with Crippen molar-refractivity contribution in [2.75, 3.05) is 11.9 Å². The van der Waals surface area contributed by atoms with Crippen molar-refractivity contribution in [2.45, 2.75) is 20.0 Å². The van der Waals surface area contributed by atoms with Gasteiger partial charge in [-0.05, 0) is 42.8 Å². The van der Waals surface area contributed by atoms with E-state index in [9.17, 15) is 4.39 Å². The summed E-state index contributed by atoms with van der Waals surface area (Å²) in [4.78, 5) is 4.61. The summed E-state index contributed by atoms with van der Waals surface area (Å²) in [5.41, 5.74) is 7.94. The summed E-state index contributed by atoms with van der Waals surface area (Å²) in [7, 11) is 2.01. The molecule has 2 aromatic rings. The predicted molar refractivity (Wildman–Crippen MR) is 75.5 cm³/mol. The molecule has 2 N–H and O–H groups in total. The van der Waals surface area contributed by atoms with Crippen molar-refractivity contribution in [1.29, 1.82) is 0 Å². The minimum atomic E-state index is -0.204. The number of halogens is 1. The van der Waals surface area contributed by atoms with Crippen LogP contribution >= 0.6 is 11.3 Å². The summed E-state index contributed by atoms with van der Waals surface area (Å²) in [5.74, 6) is -0.204. The van der Waals surface area contributed by atoms with E-state index in [1.165, 1.54) is 27.5 Å². The SMILES string of the molecule is Cc1sc(CN)cc1CN(C)c1ccc(F)cc1. The van der Waals surface area contributed by atoms with Crippen molar-refractivity contribution in [3.8, 4) is 0 Å². The maximum absolute atomic E-state index is 12.9. The molecule has 4 heteroatoms. The fourth-order valence-electron chi connectivity index (χ4n) is 1.89. The van der Waals surface area contributed by atoms with Gasteiger partial charge in [-0.25, -0.2) is 4.39 Å². The fraction of sp³-hybridized carbons (Fsp3) is 0.286. The third-order valence-corrected chi connectivity index (χ3v) is 4.06. The Hall–Kier alpha value is -1.39. The molecule has 2 rings (SSSR count). The average Bonchev–Trinajstić information content (AvgIpc) is 2.71. The zero-order valence-corrected chi connectivity index (χ0v) is 11.4. The molecule has 0 unspecified atom stereocenters. The summed E-state index contributed by atoms with van der Waals surface area (Å²) in [6, 6.07) is 8.71. The van der Waals surface area contributed by atoms with Gasteiger partial charge in [-0.1, -0.05) is 0 Å². The molecule has 0 saturated heterocycles. The molecule has 0 fully saturated rings. The molecule has 0 bridgehead atoms. The summed E-state index contributed by atoms with van der Waals surface area (Å²) in [6.45, 7) is 3.51. The van der Waals surface area contributed by atoms with Crippen LogP contribution < -0.4 is 10.6 Å². The zero-order chi connectivity index (χ0) is 13.1. The van der Waals surface area contributed by atoms with Crippen LogP contribution in [0.25, 0.3) is 0 Å². The number of hydrogen-bond donors (Lipinski definition) is 1. The van der Waals surface area contributed by atoms with Crippen LogP contribution in [0.5, 0.6) is 0 Å². The van der Waals surface area contributed by atoms with Crippen LogP contribution in [-0.2, 0) is 13.1 Å². The van der Waals surface area contributed by atoms with Crippen molar-refractivity contribution in [3.63, 3.8) is 0 Å². The maximum Gasteiger partial charge on any atom is 0.123 e. The monoisotopic (exact) mass is 264 g/mol. The average molecular weight is 264 g/mol. The number of aryl methyl sites for hydroxylation is 1. The lowest BCUT2D eigenvalue weighted by Crippen LogP contribution is -2.16. The first-order chi connectivity index (χ1) is 8.60. The molecule has 96 valence electrons. The second-order valence-corrected chi connectivity index (χ2v) is 5.67. The first-order valence-electron chi connectivity index (χ1n) is 5.85. The highest BCUT2D eigenvalue weighted by Gasteiger charge is 2.08. The van der Waals surface area contributed by atoms with Crippen LogP contribution in [0.3, 0.4) is 0 Å². The number of rotatable bonds is 4. The highest BCUT2D eigenvalue weighted by molar-refractivity contribution is 7.12. The molecule has 18 heavy (non-hydrogen) atoms. The van der Waals surface area contributed by atoms with E-state index in [-0.39, 0.29) is 5.82 Å². The molecular weight excluding hydrogens is 247 g/mol. The first-order valence-corrected chi connectivity index (χ1v) is 6.66. The largest absolute Gasteiger partial charge is 0.370 e. The smallest absolute Gasteiger partial charge is 0.123 e. The summed E-state index contributed by atoms with van der Waals surface area (Å²) in [6.07, 6.45) is 0. The Bertz CT molecular complexity index is 519. The Morgan fingerprint density at radius 3 is 2.50 bits per heavy atom. The third kappa shape index (κ3) is 2.89. The molecule has 0 aliphatic rings. The molecule has 0 saturated carbocycles. The lowest BCUT2D eigenvalue weighted by Gasteiger charge is -2.19. The van der Waals surface area contributed by atoms with Gasteiger partial charge in [0, 0.05) is 35.6 Å². The second-order valence-electron chi connectivity index (χ2n) is 4.33. The zero-order valence-electron chi connectivity index (χ0n) is 10.6. The molecule has 1 aromatic carbocycles. The van der Waals surface area contributed by atoms with E-state index in [4.69, 9.17) is 5.73 Å². The molecule has 0 aliphatic carbocycles. The minimum absolute atomic E-state index is 0.204. The molecule has 2 nitrogen and oxygen atoms in total. The molecule has 0 atom stereocenters. The van der Waals surface area contributed by atoms with Crippen LogP contribution in [0.4, 0.5) is 10.1 Å². The molecule has 0 spiro atoms. The van der Waals surface area contributed by atoms with Gasteiger partial charge < -0.3 is 10.6 Å². The summed E-state index contributed by atoms with van der Waals surface area (Å²) >= 11 is 1.74. The van der Waals surface area contributed by atoms with Crippen LogP contribution in [0.1, 0.15) is 15.3 Å². The number of benzene rings is 1. The number of anilines is 1. The van der Waals surface area contributed by atoms with Crippen LogP contribution in [-0.4, -0.2) is 7.05 Å². The normalized spacial score (nSPS) is 10.7. The number of nitrogens with zero attached hydrogens (tertiary/aromatic N) is 1. The summed E-state index contributed by atoms with van der Waals surface area (Å²) < 4.78 is 12.9. The van der Waals surface area contributed by atoms with E-state index in [1.54, 1.807) is 23.5 Å². The van der Waals surface area contributed by atoms with E-state index in [1.807, 2.05) is 7.05 Å². The van der Waals surface area contributed by atoms with Gasteiger partial charge in [0.1, 0.15) is 5.82 Å². The first kappa shape index (κ1) is 13.1. The quantitative estimate of drug-likeness (QED) is 0.918. The molecule has 0 radical (unpaired) electrons. The van der Waals surface area contributed by atoms with Crippen LogP contribution in [0.15, 0.2) is 30.3 Å². The van der Waals surface area contributed by atoms with Gasteiger partial charge in [0.05, 0.1) is 0 Å². The Kier molecular flexibility index (Phi) is 3.99. The fourth-order valence-corrected chi connectivity index (χ4v) is 2.82. The van der Waals surface area contributed by atoms with Gasteiger partial charge in [-0.3, -0.25) is 0 Å². The van der Waals surface area contributed by atoms with Gasteiger partial charge in [-0.2, -0.15) is 0 Å². The van der Waals surface area contributed by atoms with Crippen molar-refractivity contribution in [2.24, 2.45) is 5.73 Å². The predicted octanol–water partition coefficient (Wildman–Crippen LogP) is 3.29. The summed E-state index contributed by atoms with van der Waals surface area (Å²) in [5, 5.41) is 0. The van der Waals surface area contributed by atoms with Crippen LogP contribution in [0.2, 0.25) is 0 Å². The second kappa shape index (κ2) is 5.50. The minimum Gasteiger partial charge on any atom is -0.370 e. The molecule has 1 heterocycles. The Balaban J connectivity index is 2.13. The molecule has 0 aliphatic heterocycles. The molecule has 1 aromatic heterocycles. The van der Waals surface area contributed by atoms with E-state index in [2.05, 4.69) is 17.9 Å². The van der Waals surface area contributed by atoms with Crippen LogP contribution in [0, 0.1) is 12.7 Å². The Labute approximate surface area is 111 Å². The van der Waals surface area contributed by atoms with E-state index in [0.29, 0.717) is 6.54 Å². The van der Waals surface area contributed by atoms with Crippen molar-refractivity contribution in [1.82, 2.24) is 0 Å². The third-order valence-electron chi connectivity index (χ3n) is 2.95. The molecular formula is C14H17FN2S. The highest BCUT2D eigenvalue weighted by atomic mass is 32.1. The van der Waals surface area contributed by atoms with E-state index in [0.717, 1.165) is 12.2 Å². The van der Waals surface area contributed by atoms with Crippen molar-refractivity contribution >= 4 is 17.0 Å². The highest BCUT2D eigenvalue weighted by Crippen LogP contribution is 2.24. The van der Waals surface area contributed by atoms with Gasteiger partial charge in [0.15, 0.2) is 0 Å². The number of hydrogen-bond acceptors (Lipinski definition) is 3. The maximum atomic E-state index is 12.9. The standard InChI is InChI=1S/C14H17FN2S/c1-10-11(7-14(8-16)18-10)9-17(2)13-5-3-12(15)4-6-13/h3-7H,8-9,16H2,1-2H3. The number of thiophene rings is 1. The van der Waals surface area contributed by atoms with Gasteiger partial charge in [0.25, 0.3) is 0 Å². The van der Waals surface area contributed by atoms with Crippen molar-refractivity contribution < 1.29 is 4.39 Å². The topological polar surface area (TPSA) is 29.3 Å². The van der Waals surface area contributed by atoms with Crippen molar-refractivity contribution in [3.05, 3.63) is 51.5 Å². The lowest BCUT2D eigenvalue weighted by molar-refractivity contribution is 0.627. The number of nitrogens with two attached hydrogens (primary N) is 1. The van der Waals surface area contributed by atoms with E-state index >= 15 is 0 Å². The Morgan fingerprint density at radius 2 is 1.94 bits per heavy atom. The lowest BCUT2D eigenvalue weighted by atomic mass is 10.2. The Morgan fingerprint density at radius 1 is 1.28 bits per heavy atom. The molecule has 0 amide bonds. The van der Waals surface area contributed by atoms with E-state index < -0.39 is 0 Å². The van der Waals surface area contributed by atoms with Gasteiger partial charge in [-0.15, -0.1) is 11.3 Å². The van der Waals surface area contributed by atoms with Gasteiger partial charge in [0.2, 0.25) is 0 Å².